The van der Waals surface area contributed by atoms with E-state index in [9.17, 15) is 8.42 Å². The van der Waals surface area contributed by atoms with E-state index in [0.717, 1.165) is 5.56 Å². The van der Waals surface area contributed by atoms with E-state index in [1.807, 2.05) is 12.1 Å². The van der Waals surface area contributed by atoms with Gasteiger partial charge in [0.05, 0.1) is 17.3 Å². The zero-order chi connectivity index (χ0) is 11.6. The highest BCUT2D eigenvalue weighted by atomic mass is 32.2. The van der Waals surface area contributed by atoms with Crippen LogP contribution in [-0.2, 0) is 9.84 Å². The summed E-state index contributed by atoms with van der Waals surface area (Å²) in [4.78, 5) is 0.427. The van der Waals surface area contributed by atoms with Gasteiger partial charge in [0, 0.05) is 12.6 Å². The first kappa shape index (κ1) is 11.6. The quantitative estimate of drug-likeness (QED) is 0.808. The molecule has 1 aliphatic rings. The Morgan fingerprint density at radius 1 is 1.38 bits per heavy atom. The van der Waals surface area contributed by atoms with Crippen LogP contribution in [0, 0.1) is 0 Å². The van der Waals surface area contributed by atoms with Gasteiger partial charge in [-0.15, -0.1) is 0 Å². The number of hydrogen-bond acceptors (Lipinski definition) is 4. The molecule has 1 aliphatic heterocycles. The van der Waals surface area contributed by atoms with Crippen LogP contribution in [-0.4, -0.2) is 32.4 Å². The lowest BCUT2D eigenvalue weighted by atomic mass is 10.0. The van der Waals surface area contributed by atoms with Gasteiger partial charge in [0.2, 0.25) is 0 Å². The molecule has 88 valence electrons. The molecule has 0 saturated heterocycles. The number of hydrogen-bond donors (Lipinski definition) is 2. The highest BCUT2D eigenvalue weighted by molar-refractivity contribution is 7.91. The lowest BCUT2D eigenvalue weighted by Gasteiger charge is -2.26. The summed E-state index contributed by atoms with van der Waals surface area (Å²) in [6.07, 6.45) is 0.569. The molecule has 4 nitrogen and oxygen atoms in total. The van der Waals surface area contributed by atoms with Gasteiger partial charge in [-0.05, 0) is 18.1 Å². The Bertz CT molecular complexity index is 470. The standard InChI is InChI=1S/C11H15NO3S/c13-7-6-12-10-5-8-16(14,15)11-4-2-1-3-9(10)11/h1-4,10,12-13H,5-8H2. The van der Waals surface area contributed by atoms with Crippen molar-refractivity contribution in [1.82, 2.24) is 5.32 Å². The molecule has 0 aromatic heterocycles. The molecule has 0 aliphatic carbocycles. The Morgan fingerprint density at radius 3 is 2.88 bits per heavy atom. The van der Waals surface area contributed by atoms with Crippen LogP contribution in [0.1, 0.15) is 18.0 Å². The van der Waals surface area contributed by atoms with Crippen LogP contribution in [0.15, 0.2) is 29.2 Å². The van der Waals surface area contributed by atoms with E-state index in [2.05, 4.69) is 5.32 Å². The SMILES string of the molecule is O=S1(=O)CCC(NCCO)c2ccccc21. The first-order valence-corrected chi connectivity index (χ1v) is 6.96. The summed E-state index contributed by atoms with van der Waals surface area (Å²) in [6, 6.07) is 7.10. The highest BCUT2D eigenvalue weighted by Gasteiger charge is 2.29. The summed E-state index contributed by atoms with van der Waals surface area (Å²) >= 11 is 0. The summed E-state index contributed by atoms with van der Waals surface area (Å²) in [5.41, 5.74) is 0.821. The summed E-state index contributed by atoms with van der Waals surface area (Å²) in [5.74, 6) is 0.174. The van der Waals surface area contributed by atoms with E-state index in [-0.39, 0.29) is 18.4 Å². The Morgan fingerprint density at radius 2 is 2.12 bits per heavy atom. The predicted molar refractivity (Wildman–Crippen MR) is 60.9 cm³/mol. The molecule has 1 aromatic carbocycles. The fourth-order valence-electron chi connectivity index (χ4n) is 2.04. The van der Waals surface area contributed by atoms with Crippen LogP contribution >= 0.6 is 0 Å². The first-order valence-electron chi connectivity index (χ1n) is 5.31. The van der Waals surface area contributed by atoms with Gasteiger partial charge in [-0.25, -0.2) is 8.42 Å². The molecule has 0 saturated carbocycles. The molecule has 1 aromatic rings. The second-order valence-electron chi connectivity index (χ2n) is 3.88. The van der Waals surface area contributed by atoms with Crippen LogP contribution in [0.3, 0.4) is 0 Å². The van der Waals surface area contributed by atoms with Crippen molar-refractivity contribution in [1.29, 1.82) is 0 Å². The van der Waals surface area contributed by atoms with Gasteiger partial charge in [-0.1, -0.05) is 18.2 Å². The minimum Gasteiger partial charge on any atom is -0.395 e. The molecule has 1 unspecified atom stereocenters. The van der Waals surface area contributed by atoms with Crippen LogP contribution in [0.2, 0.25) is 0 Å². The molecule has 0 amide bonds. The number of nitrogens with one attached hydrogen (secondary N) is 1. The molecule has 1 heterocycles. The van der Waals surface area contributed by atoms with E-state index in [4.69, 9.17) is 5.11 Å². The maximum absolute atomic E-state index is 11.8. The third-order valence-corrected chi connectivity index (χ3v) is 4.62. The van der Waals surface area contributed by atoms with Crippen molar-refractivity contribution in [2.45, 2.75) is 17.4 Å². The maximum atomic E-state index is 11.8. The number of benzene rings is 1. The van der Waals surface area contributed by atoms with E-state index < -0.39 is 9.84 Å². The van der Waals surface area contributed by atoms with Crippen molar-refractivity contribution < 1.29 is 13.5 Å². The summed E-state index contributed by atoms with van der Waals surface area (Å²) in [5, 5.41) is 11.9. The fourth-order valence-corrected chi connectivity index (χ4v) is 3.66. The van der Waals surface area contributed by atoms with E-state index in [1.165, 1.54) is 0 Å². The Balaban J connectivity index is 2.36. The molecule has 0 fully saturated rings. The van der Waals surface area contributed by atoms with Crippen LogP contribution < -0.4 is 5.32 Å². The summed E-state index contributed by atoms with van der Waals surface area (Å²) in [6.45, 7) is 0.546. The van der Waals surface area contributed by atoms with Gasteiger partial charge in [0.25, 0.3) is 0 Å². The molecule has 16 heavy (non-hydrogen) atoms. The largest absolute Gasteiger partial charge is 0.395 e. The first-order chi connectivity index (χ1) is 7.65. The minimum atomic E-state index is -3.10. The van der Waals surface area contributed by atoms with Gasteiger partial charge in [0.1, 0.15) is 0 Å². The Kier molecular flexibility index (Phi) is 3.28. The number of aliphatic hydroxyl groups excluding tert-OH is 1. The molecule has 5 heteroatoms. The van der Waals surface area contributed by atoms with Crippen LogP contribution in [0.5, 0.6) is 0 Å². The van der Waals surface area contributed by atoms with Crippen molar-refractivity contribution in [2.24, 2.45) is 0 Å². The average Bonchev–Trinajstić information content (AvgIpc) is 2.29. The zero-order valence-electron chi connectivity index (χ0n) is 8.89. The summed E-state index contributed by atoms with van der Waals surface area (Å²) in [7, 11) is -3.10. The fraction of sp³-hybridized carbons (Fsp3) is 0.455. The third-order valence-electron chi connectivity index (χ3n) is 2.81. The Labute approximate surface area is 95.2 Å². The average molecular weight is 241 g/mol. The Hall–Kier alpha value is -0.910. The second kappa shape index (κ2) is 4.53. The van der Waals surface area contributed by atoms with Crippen molar-refractivity contribution in [3.05, 3.63) is 29.8 Å². The molecule has 1 atom stereocenters. The highest BCUT2D eigenvalue weighted by Crippen LogP contribution is 2.31. The normalized spacial score (nSPS) is 22.7. The van der Waals surface area contributed by atoms with Gasteiger partial charge in [0.15, 0.2) is 9.84 Å². The van der Waals surface area contributed by atoms with Crippen molar-refractivity contribution in [2.75, 3.05) is 18.9 Å². The molecular formula is C11H15NO3S. The van der Waals surface area contributed by atoms with E-state index in [0.29, 0.717) is 17.9 Å². The second-order valence-corrected chi connectivity index (χ2v) is 5.95. The van der Waals surface area contributed by atoms with E-state index in [1.54, 1.807) is 12.1 Å². The number of rotatable bonds is 3. The predicted octanol–water partition coefficient (Wildman–Crippen LogP) is 0.487. The van der Waals surface area contributed by atoms with Gasteiger partial charge in [-0.3, -0.25) is 0 Å². The monoisotopic (exact) mass is 241 g/mol. The van der Waals surface area contributed by atoms with Crippen molar-refractivity contribution in [3.8, 4) is 0 Å². The lowest BCUT2D eigenvalue weighted by molar-refractivity contribution is 0.282. The molecule has 2 rings (SSSR count). The van der Waals surface area contributed by atoms with Gasteiger partial charge in [-0.2, -0.15) is 0 Å². The summed E-state index contributed by atoms with van der Waals surface area (Å²) < 4.78 is 23.6. The van der Waals surface area contributed by atoms with E-state index >= 15 is 0 Å². The van der Waals surface area contributed by atoms with Crippen molar-refractivity contribution in [3.63, 3.8) is 0 Å². The lowest BCUT2D eigenvalue weighted by Crippen LogP contribution is -2.31. The van der Waals surface area contributed by atoms with Gasteiger partial charge >= 0.3 is 0 Å². The number of fused-ring (bicyclic) bond motifs is 1. The minimum absolute atomic E-state index is 0.0341. The number of sulfone groups is 1. The third kappa shape index (κ3) is 2.11. The molecular weight excluding hydrogens is 226 g/mol. The van der Waals surface area contributed by atoms with Crippen LogP contribution in [0.4, 0.5) is 0 Å². The molecule has 2 N–H and O–H groups in total. The van der Waals surface area contributed by atoms with Crippen LogP contribution in [0.25, 0.3) is 0 Å². The number of aliphatic hydroxyl groups is 1. The topological polar surface area (TPSA) is 66.4 Å². The van der Waals surface area contributed by atoms with Gasteiger partial charge < -0.3 is 10.4 Å². The maximum Gasteiger partial charge on any atom is 0.178 e. The molecule has 0 bridgehead atoms. The smallest absolute Gasteiger partial charge is 0.178 e. The molecule has 0 radical (unpaired) electrons. The molecule has 0 spiro atoms. The zero-order valence-corrected chi connectivity index (χ0v) is 9.70. The van der Waals surface area contributed by atoms with Crippen molar-refractivity contribution >= 4 is 9.84 Å².